The molecule has 160 valence electrons. The molecule has 0 aromatic carbocycles. The van der Waals surface area contributed by atoms with Crippen LogP contribution in [0.4, 0.5) is 0 Å². The fourth-order valence-electron chi connectivity index (χ4n) is 2.09. The van der Waals surface area contributed by atoms with Crippen LogP contribution in [0.5, 0.6) is 0 Å². The molecule has 0 spiro atoms. The van der Waals surface area contributed by atoms with Crippen molar-refractivity contribution >= 4 is 20.8 Å². The van der Waals surface area contributed by atoms with Crippen molar-refractivity contribution in [3.8, 4) is 0 Å². The van der Waals surface area contributed by atoms with Crippen LogP contribution < -0.4 is 37.7 Å². The summed E-state index contributed by atoms with van der Waals surface area (Å²) in [4.78, 5) is 0. The van der Waals surface area contributed by atoms with E-state index in [4.69, 9.17) is 0 Å². The number of unbranched alkanes of at least 4 members (excludes halogenated alkanes) is 10. The summed E-state index contributed by atoms with van der Waals surface area (Å²) in [6.45, 7) is 4.32. The molecule has 0 aliphatic rings. The maximum absolute atomic E-state index is 9.99. The summed E-state index contributed by atoms with van der Waals surface area (Å²) in [5, 5.41) is 0. The molecule has 0 bridgehead atoms. The van der Waals surface area contributed by atoms with E-state index in [1.165, 1.54) is 38.5 Å². The number of hydrogen-bond donors (Lipinski definition) is 0. The summed E-state index contributed by atoms with van der Waals surface area (Å²) in [6.07, 6.45) is 12.4. The van der Waals surface area contributed by atoms with E-state index in [9.17, 15) is 25.9 Å². The topological polar surface area (TPSA) is 133 Å². The van der Waals surface area contributed by atoms with Crippen LogP contribution in [-0.2, 0) is 29.2 Å². The summed E-state index contributed by atoms with van der Waals surface area (Å²) in [6, 6.07) is 0. The minimum atomic E-state index is -4.47. The minimum absolute atomic E-state index is 0. The predicted octanol–water partition coefficient (Wildman–Crippen LogP) is -2.34. The molecule has 0 aliphatic heterocycles. The molecule has 0 aromatic heterocycles. The zero-order valence-corrected chi connectivity index (χ0v) is 19.6. The molecule has 0 radical (unpaired) electrons. The molecule has 0 aliphatic carbocycles. The van der Waals surface area contributed by atoms with Gasteiger partial charge in [-0.2, -0.15) is 0 Å². The van der Waals surface area contributed by atoms with Crippen LogP contribution in [0.3, 0.4) is 0 Å². The standard InChI is InChI=1S/2C8H18O4S.2Li/c2*1-2-3-4-5-6-7-8-12-13(9,10)11;;/h2*2-8H2,1H3,(H,9,10,11);;/q;;2*+1/p-2. The first-order valence-electron chi connectivity index (χ1n) is 9.32. The van der Waals surface area contributed by atoms with Crippen molar-refractivity contribution in [3.05, 3.63) is 0 Å². The van der Waals surface area contributed by atoms with E-state index in [2.05, 4.69) is 22.2 Å². The average molecular weight is 432 g/mol. The molecule has 0 rings (SSSR count). The Morgan fingerprint density at radius 2 is 0.786 bits per heavy atom. The van der Waals surface area contributed by atoms with Crippen molar-refractivity contribution in [2.75, 3.05) is 13.2 Å². The van der Waals surface area contributed by atoms with Gasteiger partial charge in [-0.25, -0.2) is 16.8 Å². The van der Waals surface area contributed by atoms with E-state index in [0.29, 0.717) is 12.8 Å². The largest absolute Gasteiger partial charge is 1.00 e. The van der Waals surface area contributed by atoms with Gasteiger partial charge in [0.25, 0.3) is 0 Å². The molecule has 12 heteroatoms. The second kappa shape index (κ2) is 24.2. The van der Waals surface area contributed by atoms with E-state index in [1.807, 2.05) is 0 Å². The van der Waals surface area contributed by atoms with Gasteiger partial charge in [-0.15, -0.1) is 0 Å². The number of hydrogen-bond acceptors (Lipinski definition) is 8. The van der Waals surface area contributed by atoms with E-state index < -0.39 is 20.8 Å². The first-order valence-corrected chi connectivity index (χ1v) is 12.0. The Kier molecular flexibility index (Phi) is 31.4. The van der Waals surface area contributed by atoms with Gasteiger partial charge in [0.1, 0.15) is 0 Å². The maximum Gasteiger partial charge on any atom is 1.00 e. The Bertz CT molecular complexity index is 453. The van der Waals surface area contributed by atoms with Gasteiger partial charge in [0, 0.05) is 0 Å². The smallest absolute Gasteiger partial charge is 0.726 e. The third-order valence-electron chi connectivity index (χ3n) is 3.45. The van der Waals surface area contributed by atoms with Gasteiger partial charge in [0.05, 0.1) is 13.2 Å². The summed E-state index contributed by atoms with van der Waals surface area (Å²) in [5.41, 5.74) is 0. The first-order chi connectivity index (χ1) is 12.1. The fraction of sp³-hybridized carbons (Fsp3) is 1.00. The predicted molar refractivity (Wildman–Crippen MR) is 98.1 cm³/mol. The van der Waals surface area contributed by atoms with E-state index in [0.717, 1.165) is 25.7 Å². The Labute approximate surface area is 196 Å². The Hall–Kier alpha value is 0.935. The zero-order chi connectivity index (χ0) is 20.3. The van der Waals surface area contributed by atoms with Gasteiger partial charge in [0.15, 0.2) is 0 Å². The molecular formula is C16H34Li2O8S2. The summed E-state index contributed by atoms with van der Waals surface area (Å²) in [7, 11) is -8.94. The average Bonchev–Trinajstić information content (AvgIpc) is 2.52. The van der Waals surface area contributed by atoms with Crippen LogP contribution in [0.25, 0.3) is 0 Å². The third kappa shape index (κ3) is 41.3. The molecule has 28 heavy (non-hydrogen) atoms. The molecule has 0 N–H and O–H groups in total. The van der Waals surface area contributed by atoms with Gasteiger partial charge < -0.3 is 9.11 Å². The second-order valence-corrected chi connectivity index (χ2v) is 8.10. The van der Waals surface area contributed by atoms with Crippen molar-refractivity contribution in [3.63, 3.8) is 0 Å². The molecule has 0 amide bonds. The molecule has 0 unspecified atom stereocenters. The van der Waals surface area contributed by atoms with Gasteiger partial charge in [0.2, 0.25) is 20.8 Å². The number of rotatable bonds is 16. The quantitative estimate of drug-likeness (QED) is 0.115. The van der Waals surface area contributed by atoms with Crippen molar-refractivity contribution in [2.45, 2.75) is 90.9 Å². The molecule has 0 saturated heterocycles. The summed E-state index contributed by atoms with van der Waals surface area (Å²) in [5.74, 6) is 0. The minimum Gasteiger partial charge on any atom is -0.726 e. The van der Waals surface area contributed by atoms with Crippen LogP contribution in [0.15, 0.2) is 0 Å². The molecule has 0 fully saturated rings. The molecule has 0 aromatic rings. The molecular weight excluding hydrogens is 398 g/mol. The second-order valence-electron chi connectivity index (χ2n) is 6.00. The van der Waals surface area contributed by atoms with E-state index in [-0.39, 0.29) is 50.9 Å². The molecule has 0 saturated carbocycles. The van der Waals surface area contributed by atoms with E-state index >= 15 is 0 Å². The fourth-order valence-corrected chi connectivity index (χ4v) is 2.73. The maximum atomic E-state index is 9.99. The van der Waals surface area contributed by atoms with Gasteiger partial charge in [-0.3, -0.25) is 8.37 Å². The van der Waals surface area contributed by atoms with Crippen LogP contribution in [0.2, 0.25) is 0 Å². The Balaban J connectivity index is -0.000000192. The first kappa shape index (κ1) is 36.3. The van der Waals surface area contributed by atoms with Crippen molar-refractivity contribution < 1.29 is 72.0 Å². The molecule has 0 heterocycles. The molecule has 0 atom stereocenters. The van der Waals surface area contributed by atoms with Crippen molar-refractivity contribution in [2.24, 2.45) is 0 Å². The van der Waals surface area contributed by atoms with Crippen LogP contribution >= 0.6 is 0 Å². The van der Waals surface area contributed by atoms with Gasteiger partial charge in [-0.1, -0.05) is 78.1 Å². The Morgan fingerprint density at radius 3 is 1.04 bits per heavy atom. The van der Waals surface area contributed by atoms with Crippen molar-refractivity contribution in [1.29, 1.82) is 0 Å². The van der Waals surface area contributed by atoms with Crippen LogP contribution in [0, 0.1) is 0 Å². The van der Waals surface area contributed by atoms with Crippen LogP contribution in [0.1, 0.15) is 90.9 Å². The summed E-state index contributed by atoms with van der Waals surface area (Å²) < 4.78 is 68.0. The van der Waals surface area contributed by atoms with E-state index in [1.54, 1.807) is 0 Å². The zero-order valence-electron chi connectivity index (χ0n) is 18.0. The molecule has 8 nitrogen and oxygen atoms in total. The van der Waals surface area contributed by atoms with Gasteiger partial charge in [-0.05, 0) is 12.8 Å². The monoisotopic (exact) mass is 432 g/mol. The third-order valence-corrected chi connectivity index (χ3v) is 4.36. The summed E-state index contributed by atoms with van der Waals surface area (Å²) >= 11 is 0. The Morgan fingerprint density at radius 1 is 0.536 bits per heavy atom. The van der Waals surface area contributed by atoms with Crippen molar-refractivity contribution in [1.82, 2.24) is 0 Å². The normalized spacial score (nSPS) is 11.0. The van der Waals surface area contributed by atoms with Crippen LogP contribution in [-0.4, -0.2) is 39.2 Å². The SMILES string of the molecule is CCCCCCCCOS(=O)(=O)[O-].CCCCCCCCOS(=O)(=O)[O-].[Li+].[Li+]. The van der Waals surface area contributed by atoms with Gasteiger partial charge >= 0.3 is 37.7 Å².